The van der Waals surface area contributed by atoms with E-state index in [0.717, 1.165) is 50.7 Å². The van der Waals surface area contributed by atoms with Gasteiger partial charge in [-0.1, -0.05) is 54.1 Å². The molecule has 0 saturated carbocycles. The van der Waals surface area contributed by atoms with Crippen molar-refractivity contribution in [2.45, 2.75) is 27.7 Å². The molecule has 6 N–H and O–H groups in total. The highest BCUT2D eigenvalue weighted by molar-refractivity contribution is 5.79. The van der Waals surface area contributed by atoms with Gasteiger partial charge < -0.3 is 22.1 Å². The minimum absolute atomic E-state index is 0.400. The second-order valence-electron chi connectivity index (χ2n) is 11.9. The molecule has 0 unspecified atom stereocenters. The predicted molar refractivity (Wildman–Crippen MR) is 201 cm³/mol. The smallest absolute Gasteiger partial charge is 0.231 e. The van der Waals surface area contributed by atoms with E-state index >= 15 is 0 Å². The van der Waals surface area contributed by atoms with E-state index in [2.05, 4.69) is 40.5 Å². The SMILES string of the molecule is Cc1ccc(Nc2nc(N)cc(-n3c(C)nc4ccccc43)n2)cc1.Cc1cccc(Nc2nc(N)cc(-n3c(C)nc4ccccc43)n2)c1. The van der Waals surface area contributed by atoms with E-state index in [1.807, 2.05) is 134 Å². The second kappa shape index (κ2) is 13.4. The van der Waals surface area contributed by atoms with Crippen molar-refractivity contribution in [3.05, 3.63) is 132 Å². The van der Waals surface area contributed by atoms with Crippen molar-refractivity contribution < 1.29 is 0 Å². The van der Waals surface area contributed by atoms with Crippen LogP contribution in [0.15, 0.2) is 109 Å². The summed E-state index contributed by atoms with van der Waals surface area (Å²) in [5, 5.41) is 6.43. The highest BCUT2D eigenvalue weighted by Crippen LogP contribution is 2.25. The second-order valence-corrected chi connectivity index (χ2v) is 11.9. The Morgan fingerprint density at radius 3 is 1.48 bits per heavy atom. The first-order valence-electron chi connectivity index (χ1n) is 16.1. The number of nitrogens with one attached hydrogen (secondary N) is 2. The number of nitrogen functional groups attached to an aromatic ring is 2. The van der Waals surface area contributed by atoms with Crippen molar-refractivity contribution in [3.8, 4) is 11.6 Å². The van der Waals surface area contributed by atoms with E-state index < -0.39 is 0 Å². The third-order valence-corrected chi connectivity index (χ3v) is 7.96. The van der Waals surface area contributed by atoms with Gasteiger partial charge in [0.2, 0.25) is 11.9 Å². The molecular weight excluding hydrogens is 625 g/mol. The summed E-state index contributed by atoms with van der Waals surface area (Å²) in [5.41, 5.74) is 20.0. The number of benzene rings is 4. The molecular formula is C38H36N12. The summed E-state index contributed by atoms with van der Waals surface area (Å²) in [6.45, 7) is 7.99. The van der Waals surface area contributed by atoms with Gasteiger partial charge in [-0.25, -0.2) is 9.97 Å². The van der Waals surface area contributed by atoms with E-state index in [1.54, 1.807) is 12.1 Å². The number of nitrogens with zero attached hydrogens (tertiary/aromatic N) is 8. The lowest BCUT2D eigenvalue weighted by atomic mass is 10.2. The van der Waals surface area contributed by atoms with Gasteiger partial charge in [-0.05, 0) is 81.8 Å². The van der Waals surface area contributed by atoms with Gasteiger partial charge >= 0.3 is 0 Å². The molecule has 0 fully saturated rings. The van der Waals surface area contributed by atoms with Crippen LogP contribution in [0.1, 0.15) is 22.8 Å². The molecule has 4 aromatic heterocycles. The summed E-state index contributed by atoms with van der Waals surface area (Å²) < 4.78 is 3.96. The van der Waals surface area contributed by atoms with Crippen LogP contribution in [-0.4, -0.2) is 39.0 Å². The molecule has 12 heteroatoms. The molecule has 0 amide bonds. The molecule has 0 atom stereocenters. The lowest BCUT2D eigenvalue weighted by molar-refractivity contribution is 0.947. The van der Waals surface area contributed by atoms with Crippen LogP contribution in [0.2, 0.25) is 0 Å². The van der Waals surface area contributed by atoms with Gasteiger partial charge in [-0.2, -0.15) is 19.9 Å². The summed E-state index contributed by atoms with van der Waals surface area (Å²) in [7, 11) is 0. The van der Waals surface area contributed by atoms with Gasteiger partial charge in [0.25, 0.3) is 0 Å². The van der Waals surface area contributed by atoms with Gasteiger partial charge in [-0.15, -0.1) is 0 Å². The van der Waals surface area contributed by atoms with E-state index in [1.165, 1.54) is 5.56 Å². The van der Waals surface area contributed by atoms with Gasteiger partial charge in [0.05, 0.1) is 22.1 Å². The standard InChI is InChI=1S/2C19H18N6/c1-12-6-5-7-14(10-12)22-19-23-17(20)11-18(24-19)25-13(2)21-15-8-3-4-9-16(15)25;1-12-7-9-14(10-8-12)22-19-23-17(20)11-18(24-19)25-13(2)21-15-5-3-4-6-16(15)25/h2*3-11H,1-2H3,(H3,20,22,23,24). The van der Waals surface area contributed by atoms with Crippen LogP contribution in [0.3, 0.4) is 0 Å². The molecule has 50 heavy (non-hydrogen) atoms. The average Bonchev–Trinajstić information content (AvgIpc) is 3.60. The summed E-state index contributed by atoms with van der Waals surface area (Å²) in [4.78, 5) is 27.0. The predicted octanol–water partition coefficient (Wildman–Crippen LogP) is 7.52. The maximum atomic E-state index is 6.02. The van der Waals surface area contributed by atoms with Crippen LogP contribution in [-0.2, 0) is 0 Å². The minimum Gasteiger partial charge on any atom is -0.383 e. The fourth-order valence-corrected chi connectivity index (χ4v) is 5.74. The first-order chi connectivity index (χ1) is 24.2. The Hall–Kier alpha value is -6.82. The van der Waals surface area contributed by atoms with Gasteiger partial charge in [-0.3, -0.25) is 9.13 Å². The van der Waals surface area contributed by atoms with Gasteiger partial charge in [0, 0.05) is 23.5 Å². The molecule has 8 aromatic rings. The molecule has 12 nitrogen and oxygen atoms in total. The van der Waals surface area contributed by atoms with Crippen LogP contribution in [0.25, 0.3) is 33.7 Å². The Morgan fingerprint density at radius 2 is 0.960 bits per heavy atom. The molecule has 0 bridgehead atoms. The summed E-state index contributed by atoms with van der Waals surface area (Å²) >= 11 is 0. The lowest BCUT2D eigenvalue weighted by Gasteiger charge is -2.10. The maximum absolute atomic E-state index is 6.02. The normalized spacial score (nSPS) is 11.0. The maximum Gasteiger partial charge on any atom is 0.231 e. The van der Waals surface area contributed by atoms with Crippen molar-refractivity contribution in [2.75, 3.05) is 22.1 Å². The third kappa shape index (κ3) is 6.76. The summed E-state index contributed by atoms with van der Waals surface area (Å²) in [6.07, 6.45) is 0. The summed E-state index contributed by atoms with van der Waals surface area (Å²) in [5.74, 6) is 4.78. The number of aromatic nitrogens is 8. The summed E-state index contributed by atoms with van der Waals surface area (Å²) in [6, 6.07) is 35.5. The molecule has 248 valence electrons. The molecule has 8 rings (SSSR count). The molecule has 0 spiro atoms. The highest BCUT2D eigenvalue weighted by Gasteiger charge is 2.14. The molecule has 0 aliphatic heterocycles. The molecule has 0 aliphatic rings. The van der Waals surface area contributed by atoms with Crippen LogP contribution in [0.5, 0.6) is 0 Å². The number of anilines is 6. The first-order valence-corrected chi connectivity index (χ1v) is 16.1. The molecule has 0 saturated heterocycles. The Bertz CT molecular complexity index is 2460. The minimum atomic E-state index is 0.400. The quantitative estimate of drug-likeness (QED) is 0.140. The highest BCUT2D eigenvalue weighted by atomic mass is 15.2. The number of imidazole rings is 2. The number of hydrogen-bond donors (Lipinski definition) is 4. The lowest BCUT2D eigenvalue weighted by Crippen LogP contribution is -2.07. The Kier molecular flexibility index (Phi) is 8.48. The van der Waals surface area contributed by atoms with E-state index in [0.29, 0.717) is 35.2 Å². The van der Waals surface area contributed by atoms with Crippen LogP contribution < -0.4 is 22.1 Å². The molecule has 0 aliphatic carbocycles. The number of aryl methyl sites for hydroxylation is 4. The zero-order valence-corrected chi connectivity index (χ0v) is 28.1. The van der Waals surface area contributed by atoms with Crippen LogP contribution >= 0.6 is 0 Å². The number of hydrogen-bond acceptors (Lipinski definition) is 10. The van der Waals surface area contributed by atoms with Crippen LogP contribution in [0.4, 0.5) is 34.9 Å². The Morgan fingerprint density at radius 1 is 0.460 bits per heavy atom. The van der Waals surface area contributed by atoms with Gasteiger partial charge in [0.1, 0.15) is 34.9 Å². The fraction of sp³-hybridized carbons (Fsp3) is 0.105. The average molecular weight is 661 g/mol. The number of para-hydroxylation sites is 4. The van der Waals surface area contributed by atoms with Gasteiger partial charge in [0.15, 0.2) is 0 Å². The van der Waals surface area contributed by atoms with Crippen molar-refractivity contribution >= 4 is 57.0 Å². The first kappa shape index (κ1) is 31.8. The number of rotatable bonds is 6. The molecule has 4 heterocycles. The fourth-order valence-electron chi connectivity index (χ4n) is 5.74. The zero-order chi connectivity index (χ0) is 34.8. The largest absolute Gasteiger partial charge is 0.383 e. The molecule has 4 aromatic carbocycles. The Balaban J connectivity index is 0.000000157. The monoisotopic (exact) mass is 660 g/mol. The van der Waals surface area contributed by atoms with E-state index in [-0.39, 0.29) is 0 Å². The number of nitrogens with two attached hydrogens (primary N) is 2. The van der Waals surface area contributed by atoms with Crippen molar-refractivity contribution in [3.63, 3.8) is 0 Å². The van der Waals surface area contributed by atoms with Crippen molar-refractivity contribution in [1.82, 2.24) is 39.0 Å². The van der Waals surface area contributed by atoms with Crippen LogP contribution in [0, 0.1) is 27.7 Å². The molecule has 0 radical (unpaired) electrons. The Labute approximate surface area is 288 Å². The van der Waals surface area contributed by atoms with E-state index in [4.69, 9.17) is 11.5 Å². The third-order valence-electron chi connectivity index (χ3n) is 7.96. The van der Waals surface area contributed by atoms with E-state index in [9.17, 15) is 0 Å². The van der Waals surface area contributed by atoms with Crippen molar-refractivity contribution in [2.24, 2.45) is 0 Å². The zero-order valence-electron chi connectivity index (χ0n) is 28.1. The topological polar surface area (TPSA) is 163 Å². The van der Waals surface area contributed by atoms with Crippen molar-refractivity contribution in [1.29, 1.82) is 0 Å². The number of fused-ring (bicyclic) bond motifs is 2.